The van der Waals surface area contributed by atoms with Gasteiger partial charge in [0, 0.05) is 32.6 Å². The quantitative estimate of drug-likeness (QED) is 0.443. The molecule has 39 heavy (non-hydrogen) atoms. The van der Waals surface area contributed by atoms with Crippen molar-refractivity contribution >= 4 is 15.7 Å². The summed E-state index contributed by atoms with van der Waals surface area (Å²) >= 11 is 0. The Hall–Kier alpha value is -3.28. The fourth-order valence-corrected chi connectivity index (χ4v) is 6.71. The summed E-state index contributed by atoms with van der Waals surface area (Å²) in [6, 6.07) is 13.8. The van der Waals surface area contributed by atoms with E-state index in [1.54, 1.807) is 26.1 Å². The smallest absolute Gasteiger partial charge is 0.316 e. The van der Waals surface area contributed by atoms with Gasteiger partial charge in [0.25, 0.3) is 0 Å². The Morgan fingerprint density at radius 3 is 2.44 bits per heavy atom. The summed E-state index contributed by atoms with van der Waals surface area (Å²) in [5, 5.41) is 3.86. The van der Waals surface area contributed by atoms with Crippen molar-refractivity contribution < 1.29 is 17.5 Å². The molecule has 0 amide bonds. The number of likely N-dealkylation sites (N-methyl/N-ethyl adjacent to an activating group) is 1. The maximum atomic E-state index is 14.0. The maximum Gasteiger partial charge on any atom is 0.316 e. The first-order chi connectivity index (χ1) is 18.6. The van der Waals surface area contributed by atoms with Gasteiger partial charge in [0.05, 0.1) is 23.2 Å². The number of hydrogen-bond donors (Lipinski definition) is 0. The molecule has 1 aromatic heterocycles. The standard InChI is InChI=1S/C28H34FN5O4S/c1-19(2)39(36,37)33-14-12-32(13-15-33)24-18-30-34(22-10-7-9-21(29)17-22)28(35)27(24)38-25-16-20-8-5-6-11-23(20)26(25)31(3)4/h5-11,17-19,25-26H,12-16H2,1-4H3/t25?,26-/m1/s1. The molecule has 1 saturated heterocycles. The van der Waals surface area contributed by atoms with Gasteiger partial charge in [-0.2, -0.15) is 14.1 Å². The predicted octanol–water partition coefficient (Wildman–Crippen LogP) is 2.84. The molecule has 0 spiro atoms. The molecular formula is C28H34FN5O4S. The third-order valence-electron chi connectivity index (χ3n) is 7.48. The third kappa shape index (κ3) is 5.18. The lowest BCUT2D eigenvalue weighted by Gasteiger charge is -2.37. The van der Waals surface area contributed by atoms with Crippen LogP contribution in [0.5, 0.6) is 5.75 Å². The highest BCUT2D eigenvalue weighted by Gasteiger charge is 2.38. The van der Waals surface area contributed by atoms with Gasteiger partial charge in [-0.25, -0.2) is 12.8 Å². The van der Waals surface area contributed by atoms with Gasteiger partial charge >= 0.3 is 5.56 Å². The monoisotopic (exact) mass is 555 g/mol. The van der Waals surface area contributed by atoms with Crippen molar-refractivity contribution in [3.8, 4) is 11.4 Å². The van der Waals surface area contributed by atoms with Gasteiger partial charge in [0.2, 0.25) is 15.8 Å². The molecule has 0 saturated carbocycles. The fourth-order valence-electron chi connectivity index (χ4n) is 5.44. The number of piperazine rings is 1. The van der Waals surface area contributed by atoms with Crippen LogP contribution in [0.4, 0.5) is 10.1 Å². The first kappa shape index (κ1) is 27.3. The molecule has 0 radical (unpaired) electrons. The van der Waals surface area contributed by atoms with Crippen LogP contribution in [0.1, 0.15) is 31.0 Å². The Morgan fingerprint density at radius 2 is 1.77 bits per heavy atom. The lowest BCUT2D eigenvalue weighted by molar-refractivity contribution is 0.109. The molecule has 11 heteroatoms. The van der Waals surface area contributed by atoms with Crippen molar-refractivity contribution in [1.29, 1.82) is 0 Å². The van der Waals surface area contributed by atoms with Crippen LogP contribution in [-0.4, -0.2) is 79.0 Å². The molecule has 1 aliphatic heterocycles. The number of anilines is 1. The molecule has 208 valence electrons. The van der Waals surface area contributed by atoms with Gasteiger partial charge in [-0.15, -0.1) is 0 Å². The zero-order chi connectivity index (χ0) is 27.9. The normalized spacial score (nSPS) is 20.0. The Kier molecular flexibility index (Phi) is 7.49. The minimum absolute atomic E-state index is 0.0720. The van der Waals surface area contributed by atoms with E-state index in [2.05, 4.69) is 22.1 Å². The van der Waals surface area contributed by atoms with E-state index >= 15 is 0 Å². The largest absolute Gasteiger partial charge is 0.481 e. The summed E-state index contributed by atoms with van der Waals surface area (Å²) < 4.78 is 48.6. The van der Waals surface area contributed by atoms with Crippen molar-refractivity contribution in [2.45, 2.75) is 37.7 Å². The van der Waals surface area contributed by atoms with E-state index in [1.807, 2.05) is 31.1 Å². The first-order valence-corrected chi connectivity index (χ1v) is 14.6. The number of rotatable bonds is 7. The van der Waals surface area contributed by atoms with Crippen molar-refractivity contribution in [2.75, 3.05) is 45.2 Å². The van der Waals surface area contributed by atoms with Crippen LogP contribution in [0.3, 0.4) is 0 Å². The van der Waals surface area contributed by atoms with E-state index in [0.717, 1.165) is 15.8 Å². The first-order valence-electron chi connectivity index (χ1n) is 13.1. The second-order valence-electron chi connectivity index (χ2n) is 10.5. The summed E-state index contributed by atoms with van der Waals surface area (Å²) in [5.41, 5.74) is 2.62. The lowest BCUT2D eigenvalue weighted by Crippen LogP contribution is -2.51. The zero-order valence-corrected chi connectivity index (χ0v) is 23.4. The van der Waals surface area contributed by atoms with Crippen LogP contribution in [0.25, 0.3) is 5.69 Å². The molecule has 2 heterocycles. The average molecular weight is 556 g/mol. The zero-order valence-electron chi connectivity index (χ0n) is 22.6. The topological polar surface area (TPSA) is 88.0 Å². The number of benzene rings is 2. The molecule has 0 bridgehead atoms. The van der Waals surface area contributed by atoms with Crippen LogP contribution >= 0.6 is 0 Å². The molecule has 3 aromatic rings. The summed E-state index contributed by atoms with van der Waals surface area (Å²) in [6.07, 6.45) is 1.84. The molecule has 1 unspecified atom stereocenters. The molecule has 2 aliphatic rings. The van der Waals surface area contributed by atoms with E-state index < -0.39 is 26.6 Å². The minimum Gasteiger partial charge on any atom is -0.481 e. The molecule has 5 rings (SSSR count). The van der Waals surface area contributed by atoms with Crippen LogP contribution in [0, 0.1) is 5.82 Å². The van der Waals surface area contributed by atoms with Crippen LogP contribution in [0.2, 0.25) is 0 Å². The average Bonchev–Trinajstić information content (AvgIpc) is 3.28. The number of nitrogens with zero attached hydrogens (tertiary/aromatic N) is 5. The summed E-state index contributed by atoms with van der Waals surface area (Å²) in [5.74, 6) is -0.353. The second-order valence-corrected chi connectivity index (χ2v) is 13.0. The highest BCUT2D eigenvalue weighted by Crippen LogP contribution is 2.38. The second kappa shape index (κ2) is 10.7. The van der Waals surface area contributed by atoms with Gasteiger partial charge in [0.15, 0.2) is 0 Å². The summed E-state index contributed by atoms with van der Waals surface area (Å²) in [7, 11) is 0.580. The minimum atomic E-state index is -3.38. The van der Waals surface area contributed by atoms with Crippen molar-refractivity contribution in [1.82, 2.24) is 19.0 Å². The SMILES string of the molecule is CC(C)S(=O)(=O)N1CCN(c2cnn(-c3cccc(F)c3)c(=O)c2OC2Cc3ccccc3[C@H]2N(C)C)CC1. The Bertz CT molecular complexity index is 1520. The van der Waals surface area contributed by atoms with Gasteiger partial charge in [-0.3, -0.25) is 9.69 Å². The number of fused-ring (bicyclic) bond motifs is 1. The number of sulfonamides is 1. The van der Waals surface area contributed by atoms with Crippen molar-refractivity contribution in [3.63, 3.8) is 0 Å². The van der Waals surface area contributed by atoms with Gasteiger partial charge < -0.3 is 9.64 Å². The lowest BCUT2D eigenvalue weighted by atomic mass is 10.1. The van der Waals surface area contributed by atoms with Crippen LogP contribution < -0.4 is 15.2 Å². The molecule has 1 fully saturated rings. The molecule has 9 nitrogen and oxygen atoms in total. The molecule has 2 atom stereocenters. The van der Waals surface area contributed by atoms with E-state index in [0.29, 0.717) is 44.0 Å². The summed E-state index contributed by atoms with van der Waals surface area (Å²) in [4.78, 5) is 17.9. The number of aromatic nitrogens is 2. The van der Waals surface area contributed by atoms with Crippen LogP contribution in [0.15, 0.2) is 59.5 Å². The van der Waals surface area contributed by atoms with E-state index in [1.165, 1.54) is 22.5 Å². The van der Waals surface area contributed by atoms with Gasteiger partial charge in [-0.05, 0) is 57.3 Å². The highest BCUT2D eigenvalue weighted by atomic mass is 32.2. The Balaban J connectivity index is 1.53. The molecule has 0 N–H and O–H groups in total. The van der Waals surface area contributed by atoms with E-state index in [-0.39, 0.29) is 17.9 Å². The van der Waals surface area contributed by atoms with Gasteiger partial charge in [0.1, 0.15) is 17.6 Å². The number of hydrogen-bond acceptors (Lipinski definition) is 7. The van der Waals surface area contributed by atoms with Crippen molar-refractivity contribution in [3.05, 3.63) is 82.0 Å². The molecular weight excluding hydrogens is 521 g/mol. The molecule has 2 aromatic carbocycles. The number of ether oxygens (including phenoxy) is 1. The van der Waals surface area contributed by atoms with Crippen molar-refractivity contribution in [2.24, 2.45) is 0 Å². The van der Waals surface area contributed by atoms with Crippen LogP contribution in [-0.2, 0) is 16.4 Å². The molecule has 1 aliphatic carbocycles. The highest BCUT2D eigenvalue weighted by molar-refractivity contribution is 7.89. The van der Waals surface area contributed by atoms with Gasteiger partial charge in [-0.1, -0.05) is 30.3 Å². The fraction of sp³-hybridized carbons (Fsp3) is 0.429. The Labute approximate surface area is 228 Å². The van der Waals surface area contributed by atoms with E-state index in [9.17, 15) is 17.6 Å². The maximum absolute atomic E-state index is 14.0. The predicted molar refractivity (Wildman–Crippen MR) is 149 cm³/mol. The van der Waals surface area contributed by atoms with E-state index in [4.69, 9.17) is 4.74 Å². The Morgan fingerprint density at radius 1 is 1.05 bits per heavy atom. The third-order valence-corrected chi connectivity index (χ3v) is 9.75. The summed E-state index contributed by atoms with van der Waals surface area (Å²) in [6.45, 7) is 4.70. The number of halogens is 1.